The molecule has 0 radical (unpaired) electrons. The van der Waals surface area contributed by atoms with E-state index >= 15 is 0 Å². The molecule has 8 heteroatoms. The minimum absolute atomic E-state index is 0.156. The van der Waals surface area contributed by atoms with E-state index in [0.717, 1.165) is 6.07 Å². The maximum atomic E-state index is 13.0. The van der Waals surface area contributed by atoms with E-state index in [0.29, 0.717) is 4.47 Å². The molecule has 18 heavy (non-hydrogen) atoms. The molecule has 1 amide bonds. The Morgan fingerprint density at radius 3 is 2.61 bits per heavy atom. The van der Waals surface area contributed by atoms with Crippen molar-refractivity contribution in [1.82, 2.24) is 5.32 Å². The average molecular weight is 339 g/mol. The molecule has 0 saturated carbocycles. The number of nitrogens with one attached hydrogen (secondary N) is 1. The lowest BCUT2D eigenvalue weighted by Gasteiger charge is -2.05. The molecule has 0 heterocycles. The van der Waals surface area contributed by atoms with Gasteiger partial charge in [0.25, 0.3) is 5.91 Å². The summed E-state index contributed by atoms with van der Waals surface area (Å²) in [6.45, 7) is 0.156. The fourth-order valence-corrected chi connectivity index (χ4v) is 2.27. The van der Waals surface area contributed by atoms with Gasteiger partial charge in [-0.2, -0.15) is 0 Å². The van der Waals surface area contributed by atoms with Crippen molar-refractivity contribution in [3.8, 4) is 0 Å². The Kier molecular flexibility index (Phi) is 5.24. The van der Waals surface area contributed by atoms with Crippen molar-refractivity contribution in [2.45, 2.75) is 6.42 Å². The number of carbonyl (C=O) groups is 1. The van der Waals surface area contributed by atoms with Crippen molar-refractivity contribution < 1.29 is 17.6 Å². The molecule has 0 fully saturated rings. The predicted molar refractivity (Wildman–Crippen MR) is 69.0 cm³/mol. The summed E-state index contributed by atoms with van der Waals surface area (Å²) in [5.41, 5.74) is 0.164. The normalized spacial score (nSPS) is 11.3. The van der Waals surface area contributed by atoms with Crippen LogP contribution in [0.3, 0.4) is 0 Å². The molecule has 0 aromatic heterocycles. The summed E-state index contributed by atoms with van der Waals surface area (Å²) in [5.74, 6) is -1.20. The zero-order valence-corrected chi connectivity index (χ0v) is 11.7. The third-order valence-corrected chi connectivity index (χ3v) is 3.33. The third-order valence-electron chi connectivity index (χ3n) is 2.02. The molecule has 100 valence electrons. The maximum absolute atomic E-state index is 13.0. The summed E-state index contributed by atoms with van der Waals surface area (Å²) >= 11 is 3.07. The fraction of sp³-hybridized carbons (Fsp3) is 0.300. The molecule has 0 aliphatic heterocycles. The third kappa shape index (κ3) is 5.56. The molecule has 1 aromatic carbocycles. The number of hydrogen-bond donors (Lipinski definition) is 2. The minimum Gasteiger partial charge on any atom is -0.352 e. The van der Waals surface area contributed by atoms with Crippen LogP contribution >= 0.6 is 15.9 Å². The number of nitrogens with two attached hydrogens (primary N) is 1. The SMILES string of the molecule is NS(=O)(=O)CCCNC(=O)c1cc(F)cc(Br)c1. The van der Waals surface area contributed by atoms with Crippen LogP contribution in [0.15, 0.2) is 22.7 Å². The number of benzene rings is 1. The van der Waals surface area contributed by atoms with E-state index in [2.05, 4.69) is 21.2 Å². The fourth-order valence-electron chi connectivity index (χ4n) is 1.26. The highest BCUT2D eigenvalue weighted by molar-refractivity contribution is 9.10. The van der Waals surface area contributed by atoms with Crippen molar-refractivity contribution >= 4 is 31.9 Å². The molecule has 0 spiro atoms. The standard InChI is InChI=1S/C10H12BrFN2O3S/c11-8-4-7(5-9(12)6-8)10(15)14-2-1-3-18(13,16)17/h4-6H,1-3H2,(H,14,15)(H2,13,16,17). The first-order valence-corrected chi connectivity index (χ1v) is 7.53. The molecular formula is C10H12BrFN2O3S. The van der Waals surface area contributed by atoms with Gasteiger partial charge < -0.3 is 5.32 Å². The number of sulfonamides is 1. The summed E-state index contributed by atoms with van der Waals surface area (Å²) < 4.78 is 34.8. The summed E-state index contributed by atoms with van der Waals surface area (Å²) in [4.78, 5) is 11.6. The molecule has 0 saturated heterocycles. The van der Waals surface area contributed by atoms with Gasteiger partial charge in [0.1, 0.15) is 5.82 Å². The maximum Gasteiger partial charge on any atom is 0.251 e. The summed E-state index contributed by atoms with van der Waals surface area (Å²) in [7, 11) is -3.52. The second-order valence-corrected chi connectivity index (χ2v) is 6.28. The van der Waals surface area contributed by atoms with E-state index in [1.54, 1.807) is 0 Å². The van der Waals surface area contributed by atoms with Crippen LogP contribution in [-0.4, -0.2) is 26.6 Å². The second-order valence-electron chi connectivity index (χ2n) is 3.63. The van der Waals surface area contributed by atoms with Gasteiger partial charge in [-0.25, -0.2) is 17.9 Å². The van der Waals surface area contributed by atoms with Gasteiger partial charge in [-0.05, 0) is 24.6 Å². The van der Waals surface area contributed by atoms with Crippen LogP contribution in [0, 0.1) is 5.82 Å². The van der Waals surface area contributed by atoms with Crippen molar-refractivity contribution in [2.75, 3.05) is 12.3 Å². The predicted octanol–water partition coefficient (Wildman–Crippen LogP) is 0.997. The van der Waals surface area contributed by atoms with Gasteiger partial charge in [0, 0.05) is 16.6 Å². The topological polar surface area (TPSA) is 89.3 Å². The summed E-state index contributed by atoms with van der Waals surface area (Å²) in [6.07, 6.45) is 0.209. The molecule has 1 aromatic rings. The Bertz CT molecular complexity index is 528. The van der Waals surface area contributed by atoms with Crippen molar-refractivity contribution in [3.63, 3.8) is 0 Å². The minimum atomic E-state index is -3.52. The van der Waals surface area contributed by atoms with Gasteiger partial charge in [-0.3, -0.25) is 4.79 Å². The number of amides is 1. The van der Waals surface area contributed by atoms with Crippen LogP contribution < -0.4 is 10.5 Å². The quantitative estimate of drug-likeness (QED) is 0.784. The van der Waals surface area contributed by atoms with Crippen molar-refractivity contribution in [2.24, 2.45) is 5.14 Å². The number of rotatable bonds is 5. The lowest BCUT2D eigenvalue weighted by molar-refractivity contribution is 0.0953. The first kappa shape index (κ1) is 15.1. The van der Waals surface area contributed by atoms with Gasteiger partial charge >= 0.3 is 0 Å². The first-order chi connectivity index (χ1) is 8.28. The Morgan fingerprint density at radius 2 is 2.06 bits per heavy atom. The van der Waals surface area contributed by atoms with Crippen molar-refractivity contribution in [1.29, 1.82) is 0 Å². The summed E-state index contributed by atoms with van der Waals surface area (Å²) in [6, 6.07) is 3.80. The molecule has 0 aliphatic carbocycles. The highest BCUT2D eigenvalue weighted by Crippen LogP contribution is 2.14. The average Bonchev–Trinajstić information content (AvgIpc) is 2.21. The molecule has 0 unspecified atom stereocenters. The highest BCUT2D eigenvalue weighted by Gasteiger charge is 2.08. The van der Waals surface area contributed by atoms with E-state index in [1.165, 1.54) is 12.1 Å². The van der Waals surface area contributed by atoms with E-state index < -0.39 is 21.7 Å². The Hall–Kier alpha value is -0.990. The Balaban J connectivity index is 2.51. The summed E-state index contributed by atoms with van der Waals surface area (Å²) in [5, 5.41) is 7.29. The van der Waals surface area contributed by atoms with Crippen LogP contribution in [0.1, 0.15) is 16.8 Å². The lowest BCUT2D eigenvalue weighted by Crippen LogP contribution is -2.27. The van der Waals surface area contributed by atoms with Gasteiger partial charge in [-0.15, -0.1) is 0 Å². The zero-order valence-electron chi connectivity index (χ0n) is 9.32. The number of carbonyl (C=O) groups excluding carboxylic acids is 1. The lowest BCUT2D eigenvalue weighted by atomic mass is 10.2. The highest BCUT2D eigenvalue weighted by atomic mass is 79.9. The van der Waals surface area contributed by atoms with Gasteiger partial charge in [0.05, 0.1) is 5.75 Å². The molecule has 0 aliphatic rings. The van der Waals surface area contributed by atoms with Gasteiger partial charge in [-0.1, -0.05) is 15.9 Å². The largest absolute Gasteiger partial charge is 0.352 e. The Morgan fingerprint density at radius 1 is 1.39 bits per heavy atom. The van der Waals surface area contributed by atoms with Crippen LogP contribution in [0.4, 0.5) is 4.39 Å². The van der Waals surface area contributed by atoms with Crippen LogP contribution in [0.2, 0.25) is 0 Å². The monoisotopic (exact) mass is 338 g/mol. The van der Waals surface area contributed by atoms with Crippen LogP contribution in [0.5, 0.6) is 0 Å². The van der Waals surface area contributed by atoms with Gasteiger partial charge in [0.15, 0.2) is 0 Å². The van der Waals surface area contributed by atoms with E-state index in [1.807, 2.05) is 0 Å². The van der Waals surface area contributed by atoms with Crippen LogP contribution in [-0.2, 0) is 10.0 Å². The molecule has 5 nitrogen and oxygen atoms in total. The number of halogens is 2. The second kappa shape index (κ2) is 6.26. The molecular weight excluding hydrogens is 327 g/mol. The molecule has 0 bridgehead atoms. The van der Waals surface area contributed by atoms with E-state index in [-0.39, 0.29) is 24.3 Å². The smallest absolute Gasteiger partial charge is 0.251 e. The van der Waals surface area contributed by atoms with E-state index in [4.69, 9.17) is 5.14 Å². The van der Waals surface area contributed by atoms with Crippen LogP contribution in [0.25, 0.3) is 0 Å². The molecule has 1 rings (SSSR count). The Labute approximate surface area is 113 Å². The van der Waals surface area contributed by atoms with E-state index in [9.17, 15) is 17.6 Å². The number of primary sulfonamides is 1. The zero-order chi connectivity index (χ0) is 13.8. The first-order valence-electron chi connectivity index (χ1n) is 5.03. The number of hydrogen-bond acceptors (Lipinski definition) is 3. The van der Waals surface area contributed by atoms with Crippen molar-refractivity contribution in [3.05, 3.63) is 34.1 Å². The molecule has 3 N–H and O–H groups in total. The van der Waals surface area contributed by atoms with Gasteiger partial charge in [0.2, 0.25) is 10.0 Å². The molecule has 0 atom stereocenters.